The first-order valence-corrected chi connectivity index (χ1v) is 7.51. The van der Waals surface area contributed by atoms with Gasteiger partial charge in [0.15, 0.2) is 0 Å². The number of hydrogen-bond donors (Lipinski definition) is 1. The fraction of sp³-hybridized carbons (Fsp3) is 0.467. The van der Waals surface area contributed by atoms with E-state index in [1.807, 2.05) is 0 Å². The summed E-state index contributed by atoms with van der Waals surface area (Å²) in [4.78, 5) is 26.2. The smallest absolute Gasteiger partial charge is 0.317 e. The van der Waals surface area contributed by atoms with Gasteiger partial charge in [-0.2, -0.15) is 0 Å². The minimum absolute atomic E-state index is 0.0722. The summed E-state index contributed by atoms with van der Waals surface area (Å²) in [6, 6.07) is 3.85. The van der Waals surface area contributed by atoms with Crippen LogP contribution in [0.25, 0.3) is 0 Å². The average molecular weight is 345 g/mol. The molecule has 1 aromatic rings. The van der Waals surface area contributed by atoms with Crippen LogP contribution in [0.1, 0.15) is 10.4 Å². The highest BCUT2D eigenvalue weighted by atomic mass is 35.5. The standard InChI is InChI=1S/C15H18ClFN2O4/c1-18(9-14(20)21)7-11-8-19(4-5-23-11)15(22)12-6-10(16)2-3-13(12)17/h2-3,6,11H,4-5,7-9H2,1H3,(H,20,21)/t11-/m0/s1. The van der Waals surface area contributed by atoms with E-state index in [2.05, 4.69) is 0 Å². The van der Waals surface area contributed by atoms with E-state index in [0.29, 0.717) is 24.7 Å². The largest absolute Gasteiger partial charge is 0.480 e. The SMILES string of the molecule is CN(CC(=O)O)C[C@H]1CN(C(=O)c2cc(Cl)ccc2F)CCO1. The number of halogens is 2. The van der Waals surface area contributed by atoms with E-state index >= 15 is 0 Å². The second kappa shape index (κ2) is 7.72. The fourth-order valence-electron chi connectivity index (χ4n) is 2.49. The monoisotopic (exact) mass is 344 g/mol. The Balaban J connectivity index is 2.01. The van der Waals surface area contributed by atoms with Crippen molar-refractivity contribution in [1.29, 1.82) is 0 Å². The minimum atomic E-state index is -0.933. The van der Waals surface area contributed by atoms with Crippen molar-refractivity contribution in [2.45, 2.75) is 6.10 Å². The van der Waals surface area contributed by atoms with Crippen LogP contribution in [0.3, 0.4) is 0 Å². The molecule has 0 radical (unpaired) electrons. The summed E-state index contributed by atoms with van der Waals surface area (Å²) in [5, 5.41) is 9.05. The highest BCUT2D eigenvalue weighted by Crippen LogP contribution is 2.18. The van der Waals surface area contributed by atoms with Gasteiger partial charge in [0, 0.05) is 24.7 Å². The van der Waals surface area contributed by atoms with Crippen LogP contribution in [0, 0.1) is 5.82 Å². The van der Waals surface area contributed by atoms with E-state index in [1.165, 1.54) is 17.0 Å². The number of rotatable bonds is 5. The third kappa shape index (κ3) is 4.89. The molecule has 2 rings (SSSR count). The van der Waals surface area contributed by atoms with Gasteiger partial charge >= 0.3 is 5.97 Å². The predicted molar refractivity (Wildman–Crippen MR) is 82.2 cm³/mol. The Morgan fingerprint density at radius 1 is 1.52 bits per heavy atom. The number of benzene rings is 1. The van der Waals surface area contributed by atoms with Crippen LogP contribution < -0.4 is 0 Å². The number of nitrogens with zero attached hydrogens (tertiary/aromatic N) is 2. The Morgan fingerprint density at radius 2 is 2.26 bits per heavy atom. The van der Waals surface area contributed by atoms with Crippen molar-refractivity contribution >= 4 is 23.5 Å². The lowest BCUT2D eigenvalue weighted by atomic mass is 10.1. The van der Waals surface area contributed by atoms with Gasteiger partial charge < -0.3 is 14.7 Å². The maximum absolute atomic E-state index is 13.8. The number of likely N-dealkylation sites (N-methyl/N-ethyl adjacent to an activating group) is 1. The fourth-order valence-corrected chi connectivity index (χ4v) is 2.66. The molecule has 6 nitrogen and oxygen atoms in total. The molecule has 1 N–H and O–H groups in total. The number of aliphatic carboxylic acids is 1. The third-order valence-electron chi connectivity index (χ3n) is 3.51. The number of carboxylic acid groups (broad SMARTS) is 1. The normalized spacial score (nSPS) is 18.3. The summed E-state index contributed by atoms with van der Waals surface area (Å²) in [6.45, 7) is 1.20. The summed E-state index contributed by atoms with van der Waals surface area (Å²) in [5.41, 5.74) is -0.0722. The van der Waals surface area contributed by atoms with Gasteiger partial charge in [0.2, 0.25) is 0 Å². The zero-order valence-electron chi connectivity index (χ0n) is 12.7. The lowest BCUT2D eigenvalue weighted by Crippen LogP contribution is -2.49. The van der Waals surface area contributed by atoms with Gasteiger partial charge in [0.1, 0.15) is 5.82 Å². The quantitative estimate of drug-likeness (QED) is 0.872. The molecule has 8 heteroatoms. The molecule has 1 heterocycles. The molecule has 0 saturated carbocycles. The Bertz CT molecular complexity index is 599. The van der Waals surface area contributed by atoms with Crippen LogP contribution in [0.5, 0.6) is 0 Å². The van der Waals surface area contributed by atoms with Gasteiger partial charge in [0.25, 0.3) is 5.91 Å². The number of carboxylic acids is 1. The van der Waals surface area contributed by atoms with E-state index in [0.717, 1.165) is 6.07 Å². The average Bonchev–Trinajstić information content (AvgIpc) is 2.48. The number of carbonyl (C=O) groups excluding carboxylic acids is 1. The molecule has 1 saturated heterocycles. The van der Waals surface area contributed by atoms with Gasteiger partial charge in [0.05, 0.1) is 24.8 Å². The molecule has 1 amide bonds. The first-order chi connectivity index (χ1) is 10.9. The van der Waals surface area contributed by atoms with Crippen molar-refractivity contribution in [2.75, 3.05) is 39.8 Å². The molecular weight excluding hydrogens is 327 g/mol. The number of ether oxygens (including phenoxy) is 1. The van der Waals surface area contributed by atoms with Crippen molar-refractivity contribution in [2.24, 2.45) is 0 Å². The highest BCUT2D eigenvalue weighted by Gasteiger charge is 2.27. The predicted octanol–water partition coefficient (Wildman–Crippen LogP) is 1.34. The lowest BCUT2D eigenvalue weighted by molar-refractivity contribution is -0.138. The maximum atomic E-state index is 13.8. The van der Waals surface area contributed by atoms with Crippen LogP contribution in [-0.4, -0.2) is 72.7 Å². The molecule has 0 unspecified atom stereocenters. The minimum Gasteiger partial charge on any atom is -0.480 e. The van der Waals surface area contributed by atoms with Crippen LogP contribution >= 0.6 is 11.6 Å². The van der Waals surface area contributed by atoms with Gasteiger partial charge in [-0.25, -0.2) is 4.39 Å². The second-order valence-corrected chi connectivity index (χ2v) is 5.90. The Labute approximate surface area is 138 Å². The van der Waals surface area contributed by atoms with Crippen LogP contribution in [0.15, 0.2) is 18.2 Å². The molecule has 126 valence electrons. The number of amides is 1. The summed E-state index contributed by atoms with van der Waals surface area (Å²) >= 11 is 5.82. The van der Waals surface area contributed by atoms with E-state index in [1.54, 1.807) is 11.9 Å². The van der Waals surface area contributed by atoms with E-state index in [-0.39, 0.29) is 24.8 Å². The molecule has 0 aromatic heterocycles. The molecule has 23 heavy (non-hydrogen) atoms. The van der Waals surface area contributed by atoms with Crippen LogP contribution in [0.4, 0.5) is 4.39 Å². The maximum Gasteiger partial charge on any atom is 0.317 e. The Kier molecular flexibility index (Phi) is 5.92. The van der Waals surface area contributed by atoms with Crippen LogP contribution in [-0.2, 0) is 9.53 Å². The number of carbonyl (C=O) groups is 2. The van der Waals surface area contributed by atoms with Crippen molar-refractivity contribution in [3.8, 4) is 0 Å². The molecule has 1 aliphatic rings. The Hall–Kier alpha value is -1.70. The van der Waals surface area contributed by atoms with Gasteiger partial charge in [-0.05, 0) is 25.2 Å². The molecular formula is C15H18ClFN2O4. The van der Waals surface area contributed by atoms with Gasteiger partial charge in [-0.3, -0.25) is 14.5 Å². The van der Waals surface area contributed by atoms with E-state index in [4.69, 9.17) is 21.4 Å². The third-order valence-corrected chi connectivity index (χ3v) is 3.74. The van der Waals surface area contributed by atoms with Crippen molar-refractivity contribution < 1.29 is 23.8 Å². The van der Waals surface area contributed by atoms with E-state index < -0.39 is 17.7 Å². The summed E-state index contributed by atoms with van der Waals surface area (Å²) in [6.07, 6.45) is -0.320. The highest BCUT2D eigenvalue weighted by molar-refractivity contribution is 6.31. The van der Waals surface area contributed by atoms with Crippen molar-refractivity contribution in [3.05, 3.63) is 34.6 Å². The molecule has 0 bridgehead atoms. The zero-order chi connectivity index (χ0) is 17.0. The van der Waals surface area contributed by atoms with Crippen molar-refractivity contribution in [1.82, 2.24) is 9.80 Å². The first kappa shape index (κ1) is 17.7. The van der Waals surface area contributed by atoms with Crippen LogP contribution in [0.2, 0.25) is 5.02 Å². The van der Waals surface area contributed by atoms with Gasteiger partial charge in [-0.15, -0.1) is 0 Å². The molecule has 0 aliphatic carbocycles. The molecule has 0 spiro atoms. The van der Waals surface area contributed by atoms with Gasteiger partial charge in [-0.1, -0.05) is 11.6 Å². The van der Waals surface area contributed by atoms with Crippen molar-refractivity contribution in [3.63, 3.8) is 0 Å². The molecule has 1 fully saturated rings. The Morgan fingerprint density at radius 3 is 2.96 bits per heavy atom. The number of hydrogen-bond acceptors (Lipinski definition) is 4. The number of morpholine rings is 1. The zero-order valence-corrected chi connectivity index (χ0v) is 13.4. The molecule has 1 atom stereocenters. The summed E-state index contributed by atoms with van der Waals surface area (Å²) in [5.74, 6) is -2.00. The summed E-state index contributed by atoms with van der Waals surface area (Å²) in [7, 11) is 1.66. The first-order valence-electron chi connectivity index (χ1n) is 7.13. The molecule has 1 aliphatic heterocycles. The van der Waals surface area contributed by atoms with E-state index in [9.17, 15) is 14.0 Å². The topological polar surface area (TPSA) is 70.1 Å². The molecule has 1 aromatic carbocycles. The second-order valence-electron chi connectivity index (χ2n) is 5.46. The summed E-state index contributed by atoms with van der Waals surface area (Å²) < 4.78 is 19.4. The lowest BCUT2D eigenvalue weighted by Gasteiger charge is -2.34.